The summed E-state index contributed by atoms with van der Waals surface area (Å²) in [7, 11) is 1.70. The molecule has 0 bridgehead atoms. The van der Waals surface area contributed by atoms with Crippen LogP contribution in [0.25, 0.3) is 0 Å². The molecule has 1 amide bonds. The van der Waals surface area contributed by atoms with Crippen molar-refractivity contribution in [2.24, 2.45) is 10.8 Å². The Hall–Kier alpha value is -0.610. The van der Waals surface area contributed by atoms with Crippen LogP contribution in [0.2, 0.25) is 0 Å². The van der Waals surface area contributed by atoms with Crippen molar-refractivity contribution in [1.82, 2.24) is 10.6 Å². The van der Waals surface area contributed by atoms with E-state index >= 15 is 0 Å². The van der Waals surface area contributed by atoms with E-state index in [0.717, 1.165) is 32.4 Å². The largest absolute Gasteiger partial charge is 0.384 e. The van der Waals surface area contributed by atoms with E-state index in [1.165, 1.54) is 19.3 Å². The van der Waals surface area contributed by atoms with Gasteiger partial charge in [0.25, 0.3) is 0 Å². The van der Waals surface area contributed by atoms with Crippen molar-refractivity contribution in [3.63, 3.8) is 0 Å². The molecule has 20 heavy (non-hydrogen) atoms. The SMILES string of the molecule is COCC1(C(=O)NC2CCCCC2(C)C)CCNCC1. The fraction of sp³-hybridized carbons (Fsp3) is 0.938. The molecule has 4 nitrogen and oxygen atoms in total. The van der Waals surface area contributed by atoms with Gasteiger partial charge in [-0.3, -0.25) is 4.79 Å². The van der Waals surface area contributed by atoms with Crippen LogP contribution in [0.4, 0.5) is 0 Å². The standard InChI is InChI=1S/C16H30N2O2/c1-15(2)7-5-4-6-13(15)18-14(19)16(12-20-3)8-10-17-11-9-16/h13,17H,4-12H2,1-3H3,(H,18,19). The summed E-state index contributed by atoms with van der Waals surface area (Å²) in [6.45, 7) is 6.91. The Bertz CT molecular complexity index is 330. The van der Waals surface area contributed by atoms with Gasteiger partial charge in [-0.2, -0.15) is 0 Å². The number of methoxy groups -OCH3 is 1. The van der Waals surface area contributed by atoms with E-state index in [2.05, 4.69) is 24.5 Å². The van der Waals surface area contributed by atoms with Gasteiger partial charge in [0, 0.05) is 13.2 Å². The number of rotatable bonds is 4. The summed E-state index contributed by atoms with van der Waals surface area (Å²) in [5, 5.41) is 6.69. The smallest absolute Gasteiger partial charge is 0.228 e. The average Bonchev–Trinajstić information content (AvgIpc) is 2.42. The Morgan fingerprint density at radius 3 is 2.55 bits per heavy atom. The van der Waals surface area contributed by atoms with Crippen LogP contribution in [0.15, 0.2) is 0 Å². The first-order chi connectivity index (χ1) is 9.50. The van der Waals surface area contributed by atoms with Gasteiger partial charge >= 0.3 is 0 Å². The number of hydrogen-bond acceptors (Lipinski definition) is 3. The number of ether oxygens (including phenoxy) is 1. The molecule has 4 heteroatoms. The van der Waals surface area contributed by atoms with Crippen LogP contribution in [0.3, 0.4) is 0 Å². The molecule has 116 valence electrons. The number of carbonyl (C=O) groups excluding carboxylic acids is 1. The predicted octanol–water partition coefficient (Wildman–Crippen LogP) is 2.09. The second-order valence-corrected chi connectivity index (χ2v) is 7.22. The van der Waals surface area contributed by atoms with Crippen molar-refractivity contribution < 1.29 is 9.53 Å². The van der Waals surface area contributed by atoms with Crippen molar-refractivity contribution in [2.45, 2.75) is 58.4 Å². The highest BCUT2D eigenvalue weighted by atomic mass is 16.5. The van der Waals surface area contributed by atoms with Crippen LogP contribution in [0.1, 0.15) is 52.4 Å². The molecule has 2 N–H and O–H groups in total. The lowest BCUT2D eigenvalue weighted by atomic mass is 9.72. The zero-order valence-electron chi connectivity index (χ0n) is 13.3. The Morgan fingerprint density at radius 1 is 1.25 bits per heavy atom. The second-order valence-electron chi connectivity index (χ2n) is 7.22. The molecule has 2 aliphatic rings. The molecule has 2 rings (SSSR count). The van der Waals surface area contributed by atoms with Gasteiger partial charge in [0.2, 0.25) is 5.91 Å². The van der Waals surface area contributed by atoms with Crippen molar-refractivity contribution >= 4 is 5.91 Å². The lowest BCUT2D eigenvalue weighted by Gasteiger charge is -2.42. The van der Waals surface area contributed by atoms with Crippen LogP contribution >= 0.6 is 0 Å². The maximum atomic E-state index is 12.8. The molecule has 1 unspecified atom stereocenters. The number of carbonyl (C=O) groups is 1. The molecule has 1 aliphatic heterocycles. The highest BCUT2D eigenvalue weighted by Gasteiger charge is 2.42. The minimum absolute atomic E-state index is 0.209. The summed E-state index contributed by atoms with van der Waals surface area (Å²) in [5.74, 6) is 0.209. The Balaban J connectivity index is 2.04. The monoisotopic (exact) mass is 282 g/mol. The summed E-state index contributed by atoms with van der Waals surface area (Å²) in [6, 6.07) is 0.312. The Labute approximate surface area is 123 Å². The van der Waals surface area contributed by atoms with E-state index in [4.69, 9.17) is 4.74 Å². The van der Waals surface area contributed by atoms with Crippen molar-refractivity contribution in [2.75, 3.05) is 26.8 Å². The van der Waals surface area contributed by atoms with Crippen LogP contribution in [-0.2, 0) is 9.53 Å². The van der Waals surface area contributed by atoms with Gasteiger partial charge in [0.15, 0.2) is 0 Å². The fourth-order valence-electron chi connectivity index (χ4n) is 3.69. The molecule has 1 saturated heterocycles. The quantitative estimate of drug-likeness (QED) is 0.830. The number of piperidine rings is 1. The summed E-state index contributed by atoms with van der Waals surface area (Å²) >= 11 is 0. The third-order valence-corrected chi connectivity index (χ3v) is 5.28. The summed E-state index contributed by atoms with van der Waals surface area (Å²) < 4.78 is 5.36. The van der Waals surface area contributed by atoms with E-state index in [1.54, 1.807) is 7.11 Å². The Kier molecular flexibility index (Phi) is 5.08. The lowest BCUT2D eigenvalue weighted by molar-refractivity contribution is -0.138. The average molecular weight is 282 g/mol. The van der Waals surface area contributed by atoms with Gasteiger partial charge in [-0.05, 0) is 44.2 Å². The first kappa shape index (κ1) is 15.8. The summed E-state index contributed by atoms with van der Waals surface area (Å²) in [4.78, 5) is 12.8. The van der Waals surface area contributed by atoms with Gasteiger partial charge in [0.05, 0.1) is 12.0 Å². The van der Waals surface area contributed by atoms with E-state index in [9.17, 15) is 4.79 Å². The zero-order valence-corrected chi connectivity index (χ0v) is 13.3. The molecular weight excluding hydrogens is 252 g/mol. The number of nitrogens with one attached hydrogen (secondary N) is 2. The fourth-order valence-corrected chi connectivity index (χ4v) is 3.69. The molecular formula is C16H30N2O2. The van der Waals surface area contributed by atoms with Crippen LogP contribution in [-0.4, -0.2) is 38.8 Å². The predicted molar refractivity (Wildman–Crippen MR) is 80.6 cm³/mol. The Morgan fingerprint density at radius 2 is 1.95 bits per heavy atom. The molecule has 2 fully saturated rings. The van der Waals surface area contributed by atoms with Gasteiger partial charge in [-0.1, -0.05) is 26.7 Å². The normalized spacial score (nSPS) is 28.9. The van der Waals surface area contributed by atoms with E-state index < -0.39 is 0 Å². The summed E-state index contributed by atoms with van der Waals surface area (Å²) in [5.41, 5.74) is -0.109. The number of amides is 1. The third kappa shape index (κ3) is 3.34. The van der Waals surface area contributed by atoms with Gasteiger partial charge < -0.3 is 15.4 Å². The minimum Gasteiger partial charge on any atom is -0.384 e. The van der Waals surface area contributed by atoms with E-state index in [1.807, 2.05) is 0 Å². The van der Waals surface area contributed by atoms with Gasteiger partial charge in [-0.25, -0.2) is 0 Å². The highest BCUT2D eigenvalue weighted by Crippen LogP contribution is 2.37. The highest BCUT2D eigenvalue weighted by molar-refractivity contribution is 5.83. The van der Waals surface area contributed by atoms with Crippen molar-refractivity contribution in [3.8, 4) is 0 Å². The first-order valence-corrected chi connectivity index (χ1v) is 8.01. The molecule has 0 aromatic heterocycles. The van der Waals surface area contributed by atoms with Crippen LogP contribution in [0.5, 0.6) is 0 Å². The molecule has 1 atom stereocenters. The maximum Gasteiger partial charge on any atom is 0.228 e. The summed E-state index contributed by atoms with van der Waals surface area (Å²) in [6.07, 6.45) is 6.58. The molecule has 0 aromatic carbocycles. The van der Waals surface area contributed by atoms with E-state index in [0.29, 0.717) is 12.6 Å². The molecule has 1 heterocycles. The van der Waals surface area contributed by atoms with Gasteiger partial charge in [-0.15, -0.1) is 0 Å². The van der Waals surface area contributed by atoms with Crippen LogP contribution < -0.4 is 10.6 Å². The second kappa shape index (κ2) is 6.44. The van der Waals surface area contributed by atoms with Crippen LogP contribution in [0, 0.1) is 10.8 Å². The topological polar surface area (TPSA) is 50.4 Å². The van der Waals surface area contributed by atoms with Gasteiger partial charge in [0.1, 0.15) is 0 Å². The molecule has 1 saturated carbocycles. The molecule has 1 aliphatic carbocycles. The van der Waals surface area contributed by atoms with E-state index in [-0.39, 0.29) is 16.7 Å². The number of hydrogen-bond donors (Lipinski definition) is 2. The minimum atomic E-state index is -0.326. The molecule has 0 radical (unpaired) electrons. The first-order valence-electron chi connectivity index (χ1n) is 8.01. The maximum absolute atomic E-state index is 12.8. The molecule has 0 aromatic rings. The van der Waals surface area contributed by atoms with Crippen molar-refractivity contribution in [1.29, 1.82) is 0 Å². The third-order valence-electron chi connectivity index (χ3n) is 5.28. The lowest BCUT2D eigenvalue weighted by Crippen LogP contribution is -2.55. The van der Waals surface area contributed by atoms with Crippen molar-refractivity contribution in [3.05, 3.63) is 0 Å². The molecule has 0 spiro atoms. The zero-order chi connectivity index (χ0) is 14.6.